The molecule has 4 rings (SSSR count). The highest BCUT2D eigenvalue weighted by Gasteiger charge is 2.41. The molecule has 0 amide bonds. The van der Waals surface area contributed by atoms with Gasteiger partial charge in [-0.2, -0.15) is 5.10 Å². The molecule has 0 saturated heterocycles. The van der Waals surface area contributed by atoms with Crippen molar-refractivity contribution in [3.63, 3.8) is 0 Å². The monoisotopic (exact) mass is 317 g/mol. The minimum absolute atomic E-state index is 0.105. The molecule has 1 aliphatic heterocycles. The fraction of sp³-hybridized carbons (Fsp3) is 0.333. The van der Waals surface area contributed by atoms with Crippen LogP contribution in [0.25, 0.3) is 0 Å². The summed E-state index contributed by atoms with van der Waals surface area (Å²) in [5.74, 6) is 0.212. The van der Waals surface area contributed by atoms with Crippen molar-refractivity contribution in [2.75, 3.05) is 10.8 Å². The van der Waals surface area contributed by atoms with Crippen LogP contribution in [0.3, 0.4) is 0 Å². The SMILES string of the molecule is Cn1cc(S(=O)(=O)N2CC3CCC(=O)c4cccc2c43)cn1. The second-order valence-corrected chi connectivity index (χ2v) is 7.65. The highest BCUT2D eigenvalue weighted by Crippen LogP contribution is 2.46. The lowest BCUT2D eigenvalue weighted by atomic mass is 9.83. The number of hydrogen-bond donors (Lipinski definition) is 0. The van der Waals surface area contributed by atoms with E-state index in [0.29, 0.717) is 30.6 Å². The molecule has 0 bridgehead atoms. The van der Waals surface area contributed by atoms with E-state index in [1.54, 1.807) is 25.2 Å². The Morgan fingerprint density at radius 3 is 2.86 bits per heavy atom. The minimum atomic E-state index is -3.64. The molecule has 1 atom stereocenters. The molecule has 1 aromatic carbocycles. The molecule has 2 aromatic rings. The summed E-state index contributed by atoms with van der Waals surface area (Å²) in [6.45, 7) is 0.400. The van der Waals surface area contributed by atoms with Gasteiger partial charge in [-0.25, -0.2) is 8.42 Å². The predicted molar refractivity (Wildman–Crippen MR) is 80.5 cm³/mol. The first-order valence-electron chi connectivity index (χ1n) is 7.16. The zero-order chi connectivity index (χ0) is 15.5. The topological polar surface area (TPSA) is 72.3 Å². The van der Waals surface area contributed by atoms with Gasteiger partial charge in [0.15, 0.2) is 5.78 Å². The van der Waals surface area contributed by atoms with Gasteiger partial charge >= 0.3 is 0 Å². The van der Waals surface area contributed by atoms with Gasteiger partial charge in [-0.3, -0.25) is 13.8 Å². The molecule has 7 heteroatoms. The molecule has 0 N–H and O–H groups in total. The molecule has 114 valence electrons. The van der Waals surface area contributed by atoms with E-state index in [4.69, 9.17) is 0 Å². The normalized spacial score (nSPS) is 20.3. The zero-order valence-corrected chi connectivity index (χ0v) is 12.9. The number of carbonyl (C=O) groups is 1. The molecule has 2 heterocycles. The number of Topliss-reactive ketones (excluding diaryl/α,β-unsaturated/α-hetero) is 1. The molecule has 0 saturated carbocycles. The molecule has 0 spiro atoms. The van der Waals surface area contributed by atoms with Gasteiger partial charge in [0.1, 0.15) is 4.90 Å². The first kappa shape index (κ1) is 13.5. The molecule has 1 aromatic heterocycles. The van der Waals surface area contributed by atoms with Crippen molar-refractivity contribution in [3.05, 3.63) is 41.7 Å². The Labute approximate surface area is 128 Å². The molecule has 0 fully saturated rings. The Bertz CT molecular complexity index is 885. The smallest absolute Gasteiger partial charge is 0.267 e. The van der Waals surface area contributed by atoms with Crippen molar-refractivity contribution in [3.8, 4) is 0 Å². The Hall–Kier alpha value is -2.15. The van der Waals surface area contributed by atoms with E-state index in [0.717, 1.165) is 5.56 Å². The number of benzene rings is 1. The van der Waals surface area contributed by atoms with Crippen LogP contribution in [0.2, 0.25) is 0 Å². The number of anilines is 1. The Kier molecular flexibility index (Phi) is 2.72. The summed E-state index contributed by atoms with van der Waals surface area (Å²) >= 11 is 0. The molecule has 2 aliphatic rings. The molecule has 1 aliphatic carbocycles. The molecule has 22 heavy (non-hydrogen) atoms. The summed E-state index contributed by atoms with van der Waals surface area (Å²) in [4.78, 5) is 12.2. The molecule has 1 unspecified atom stereocenters. The van der Waals surface area contributed by atoms with E-state index in [1.165, 1.54) is 21.4 Å². The molecule has 6 nitrogen and oxygen atoms in total. The van der Waals surface area contributed by atoms with Crippen LogP contribution in [0.4, 0.5) is 5.69 Å². The van der Waals surface area contributed by atoms with E-state index in [-0.39, 0.29) is 16.6 Å². The van der Waals surface area contributed by atoms with Crippen LogP contribution in [-0.2, 0) is 17.1 Å². The third-order valence-corrected chi connectivity index (χ3v) is 6.17. The van der Waals surface area contributed by atoms with Gasteiger partial charge in [0.25, 0.3) is 10.0 Å². The number of sulfonamides is 1. The second kappa shape index (κ2) is 4.42. The number of hydrogen-bond acceptors (Lipinski definition) is 4. The van der Waals surface area contributed by atoms with E-state index in [9.17, 15) is 13.2 Å². The number of aryl methyl sites for hydroxylation is 1. The van der Waals surface area contributed by atoms with Crippen LogP contribution in [0.5, 0.6) is 0 Å². The Morgan fingerprint density at radius 1 is 1.32 bits per heavy atom. The fourth-order valence-electron chi connectivity index (χ4n) is 3.39. The first-order valence-corrected chi connectivity index (χ1v) is 8.60. The molecular formula is C15H15N3O3S. The third-order valence-electron chi connectivity index (χ3n) is 4.44. The molecule has 0 radical (unpaired) electrons. The lowest BCUT2D eigenvalue weighted by Gasteiger charge is -2.18. The van der Waals surface area contributed by atoms with E-state index in [2.05, 4.69) is 5.10 Å². The standard InChI is InChI=1S/C15H15N3O3S/c1-17-9-11(7-16-17)22(20,21)18-8-10-5-6-14(19)12-3-2-4-13(18)15(10)12/h2-4,7,9-10H,5-6,8H2,1H3. The van der Waals surface area contributed by atoms with Crippen molar-refractivity contribution < 1.29 is 13.2 Å². The lowest BCUT2D eigenvalue weighted by Crippen LogP contribution is -2.29. The van der Waals surface area contributed by atoms with Crippen LogP contribution in [0.15, 0.2) is 35.5 Å². The maximum absolute atomic E-state index is 12.9. The van der Waals surface area contributed by atoms with E-state index < -0.39 is 10.0 Å². The predicted octanol–water partition coefficient (Wildman–Crippen LogP) is 1.69. The largest absolute Gasteiger partial charge is 0.294 e. The van der Waals surface area contributed by atoms with Crippen LogP contribution in [0.1, 0.15) is 34.7 Å². The summed E-state index contributed by atoms with van der Waals surface area (Å²) in [5, 5.41) is 3.95. The van der Waals surface area contributed by atoms with Gasteiger partial charge in [-0.05, 0) is 18.1 Å². The van der Waals surface area contributed by atoms with Gasteiger partial charge in [0.2, 0.25) is 0 Å². The van der Waals surface area contributed by atoms with Crippen LogP contribution in [-0.4, -0.2) is 30.5 Å². The average molecular weight is 317 g/mol. The highest BCUT2D eigenvalue weighted by atomic mass is 32.2. The van der Waals surface area contributed by atoms with Crippen LogP contribution in [0, 0.1) is 0 Å². The number of carbonyl (C=O) groups excluding carboxylic acids is 1. The highest BCUT2D eigenvalue weighted by molar-refractivity contribution is 7.92. The fourth-order valence-corrected chi connectivity index (χ4v) is 4.91. The van der Waals surface area contributed by atoms with Gasteiger partial charge in [-0.1, -0.05) is 12.1 Å². The second-order valence-electron chi connectivity index (χ2n) is 5.78. The van der Waals surface area contributed by atoms with Crippen molar-refractivity contribution in [1.29, 1.82) is 0 Å². The lowest BCUT2D eigenvalue weighted by molar-refractivity contribution is 0.0968. The maximum Gasteiger partial charge on any atom is 0.267 e. The van der Waals surface area contributed by atoms with Crippen LogP contribution < -0.4 is 4.31 Å². The average Bonchev–Trinajstić information content (AvgIpc) is 3.09. The van der Waals surface area contributed by atoms with Crippen molar-refractivity contribution in [1.82, 2.24) is 9.78 Å². The van der Waals surface area contributed by atoms with Gasteiger partial charge in [0, 0.05) is 37.7 Å². The summed E-state index contributed by atoms with van der Waals surface area (Å²) in [6.07, 6.45) is 4.05. The van der Waals surface area contributed by atoms with Crippen molar-refractivity contribution in [2.24, 2.45) is 7.05 Å². The Balaban J connectivity index is 1.87. The summed E-state index contributed by atoms with van der Waals surface area (Å²) in [5.41, 5.74) is 2.21. The first-order chi connectivity index (χ1) is 10.5. The van der Waals surface area contributed by atoms with Crippen LogP contribution >= 0.6 is 0 Å². The van der Waals surface area contributed by atoms with E-state index in [1.807, 2.05) is 0 Å². The number of rotatable bonds is 2. The minimum Gasteiger partial charge on any atom is -0.294 e. The number of aromatic nitrogens is 2. The molecular weight excluding hydrogens is 302 g/mol. The number of nitrogens with zero attached hydrogens (tertiary/aromatic N) is 3. The quantitative estimate of drug-likeness (QED) is 0.845. The van der Waals surface area contributed by atoms with Gasteiger partial charge in [-0.15, -0.1) is 0 Å². The zero-order valence-electron chi connectivity index (χ0n) is 12.1. The van der Waals surface area contributed by atoms with Crippen molar-refractivity contribution in [2.45, 2.75) is 23.7 Å². The Morgan fingerprint density at radius 2 is 2.14 bits per heavy atom. The number of ketones is 1. The van der Waals surface area contributed by atoms with Gasteiger partial charge < -0.3 is 0 Å². The summed E-state index contributed by atoms with van der Waals surface area (Å²) < 4.78 is 28.6. The van der Waals surface area contributed by atoms with Gasteiger partial charge in [0.05, 0.1) is 11.9 Å². The van der Waals surface area contributed by atoms with Crippen molar-refractivity contribution >= 4 is 21.5 Å². The maximum atomic E-state index is 12.9. The summed E-state index contributed by atoms with van der Waals surface area (Å²) in [6, 6.07) is 5.34. The third kappa shape index (κ3) is 1.75. The van der Waals surface area contributed by atoms with E-state index >= 15 is 0 Å². The summed E-state index contributed by atoms with van der Waals surface area (Å²) in [7, 11) is -1.96.